The highest BCUT2D eigenvalue weighted by Gasteiger charge is 2.18. The Morgan fingerprint density at radius 2 is 0.884 bits per heavy atom. The summed E-state index contributed by atoms with van der Waals surface area (Å²) in [6, 6.07) is 52.5. The Bertz CT molecular complexity index is 2680. The SMILES string of the molecule is c1cc(-n2c3ccccc3c3ccccc32)cc(-n2c3cc4ccccc4cc3c3cc4oc5ccccc5c4cc32)c1. The summed E-state index contributed by atoms with van der Waals surface area (Å²) >= 11 is 0. The first kappa shape index (κ1) is 22.8. The Hall–Kier alpha value is -5.80. The van der Waals surface area contributed by atoms with E-state index in [0.717, 1.165) is 33.3 Å². The average Bonchev–Trinajstić information content (AvgIpc) is 3.70. The molecule has 43 heavy (non-hydrogen) atoms. The molecule has 3 aromatic heterocycles. The fraction of sp³-hybridized carbons (Fsp3) is 0. The van der Waals surface area contributed by atoms with E-state index in [9.17, 15) is 0 Å². The van der Waals surface area contributed by atoms with Gasteiger partial charge in [0.15, 0.2) is 0 Å². The Morgan fingerprint density at radius 1 is 0.326 bits per heavy atom. The number of furan rings is 1. The summed E-state index contributed by atoms with van der Waals surface area (Å²) in [7, 11) is 0. The highest BCUT2D eigenvalue weighted by Crippen LogP contribution is 2.40. The average molecular weight is 549 g/mol. The van der Waals surface area contributed by atoms with E-state index in [1.54, 1.807) is 0 Å². The third-order valence-electron chi connectivity index (χ3n) is 9.06. The van der Waals surface area contributed by atoms with Gasteiger partial charge in [-0.05, 0) is 71.4 Å². The van der Waals surface area contributed by atoms with Gasteiger partial charge in [0.1, 0.15) is 11.2 Å². The van der Waals surface area contributed by atoms with Gasteiger partial charge >= 0.3 is 0 Å². The number of benzene rings is 7. The highest BCUT2D eigenvalue weighted by molar-refractivity contribution is 6.19. The van der Waals surface area contributed by atoms with Crippen LogP contribution in [-0.4, -0.2) is 9.13 Å². The van der Waals surface area contributed by atoms with Crippen molar-refractivity contribution in [2.24, 2.45) is 0 Å². The van der Waals surface area contributed by atoms with Crippen molar-refractivity contribution in [3.63, 3.8) is 0 Å². The Kier molecular flexibility index (Phi) is 4.45. The van der Waals surface area contributed by atoms with Crippen LogP contribution in [0.4, 0.5) is 0 Å². The van der Waals surface area contributed by atoms with Gasteiger partial charge in [-0.2, -0.15) is 0 Å². The van der Waals surface area contributed by atoms with Gasteiger partial charge in [-0.25, -0.2) is 0 Å². The van der Waals surface area contributed by atoms with Crippen LogP contribution in [0.5, 0.6) is 0 Å². The van der Waals surface area contributed by atoms with Gasteiger partial charge in [-0.1, -0.05) is 84.9 Å². The lowest BCUT2D eigenvalue weighted by atomic mass is 10.1. The maximum absolute atomic E-state index is 6.35. The molecule has 0 fully saturated rings. The highest BCUT2D eigenvalue weighted by atomic mass is 16.3. The lowest BCUT2D eigenvalue weighted by Gasteiger charge is -2.13. The molecule has 3 heteroatoms. The van der Waals surface area contributed by atoms with Crippen LogP contribution in [-0.2, 0) is 0 Å². The topological polar surface area (TPSA) is 23.0 Å². The summed E-state index contributed by atoms with van der Waals surface area (Å²) in [5.74, 6) is 0. The van der Waals surface area contributed by atoms with Gasteiger partial charge in [0.05, 0.1) is 22.1 Å². The lowest BCUT2D eigenvalue weighted by Crippen LogP contribution is -1.98. The Labute approximate surface area is 246 Å². The summed E-state index contributed by atoms with van der Waals surface area (Å²) in [6.45, 7) is 0. The first-order valence-electron chi connectivity index (χ1n) is 14.7. The zero-order valence-electron chi connectivity index (χ0n) is 23.2. The van der Waals surface area contributed by atoms with Crippen molar-refractivity contribution in [3.05, 3.63) is 146 Å². The van der Waals surface area contributed by atoms with Crippen LogP contribution in [0.15, 0.2) is 150 Å². The largest absolute Gasteiger partial charge is 0.456 e. The van der Waals surface area contributed by atoms with Crippen LogP contribution in [0.3, 0.4) is 0 Å². The van der Waals surface area contributed by atoms with E-state index >= 15 is 0 Å². The molecule has 200 valence electrons. The quantitative estimate of drug-likeness (QED) is 0.211. The predicted octanol–water partition coefficient (Wildman–Crippen LogP) is 10.9. The van der Waals surface area contributed by atoms with E-state index in [-0.39, 0.29) is 0 Å². The van der Waals surface area contributed by atoms with Gasteiger partial charge < -0.3 is 13.6 Å². The van der Waals surface area contributed by atoms with Crippen LogP contribution in [0.25, 0.3) is 87.7 Å². The zero-order valence-corrected chi connectivity index (χ0v) is 23.2. The number of fused-ring (bicyclic) bond motifs is 10. The number of hydrogen-bond donors (Lipinski definition) is 0. The molecule has 0 aliphatic rings. The first-order valence-corrected chi connectivity index (χ1v) is 14.7. The number of hydrogen-bond acceptors (Lipinski definition) is 1. The van der Waals surface area contributed by atoms with Crippen LogP contribution in [0.2, 0.25) is 0 Å². The summed E-state index contributed by atoms with van der Waals surface area (Å²) in [5, 5.41) is 9.68. The zero-order chi connectivity index (χ0) is 28.1. The second-order valence-electron chi connectivity index (χ2n) is 11.4. The molecule has 0 spiro atoms. The molecule has 0 radical (unpaired) electrons. The Morgan fingerprint density at radius 3 is 1.63 bits per heavy atom. The smallest absolute Gasteiger partial charge is 0.136 e. The predicted molar refractivity (Wildman–Crippen MR) is 180 cm³/mol. The maximum Gasteiger partial charge on any atom is 0.136 e. The van der Waals surface area contributed by atoms with Crippen molar-refractivity contribution in [3.8, 4) is 11.4 Å². The van der Waals surface area contributed by atoms with E-state index in [0.29, 0.717) is 0 Å². The van der Waals surface area contributed by atoms with Crippen LogP contribution < -0.4 is 0 Å². The van der Waals surface area contributed by atoms with E-state index < -0.39 is 0 Å². The molecule has 0 amide bonds. The minimum atomic E-state index is 0.916. The number of para-hydroxylation sites is 3. The third-order valence-corrected chi connectivity index (χ3v) is 9.06. The number of rotatable bonds is 2. The van der Waals surface area contributed by atoms with E-state index in [1.165, 1.54) is 54.4 Å². The van der Waals surface area contributed by atoms with Gasteiger partial charge in [0.2, 0.25) is 0 Å². The standard InChI is InChI=1S/C40H24N2O/c1-2-11-26-21-37-32(20-25(26)10-1)33-24-40-34(31-16-5-8-19-39(31)43-40)23-38(33)42(37)28-13-9-12-27(22-28)41-35-17-6-3-14-29(35)30-15-4-7-18-36(30)41/h1-24H. The van der Waals surface area contributed by atoms with E-state index in [4.69, 9.17) is 4.42 Å². The molecule has 0 saturated heterocycles. The van der Waals surface area contributed by atoms with E-state index in [1.807, 2.05) is 6.07 Å². The van der Waals surface area contributed by atoms with E-state index in [2.05, 4.69) is 149 Å². The molecule has 3 heterocycles. The van der Waals surface area contributed by atoms with Gasteiger partial charge in [0.25, 0.3) is 0 Å². The third kappa shape index (κ3) is 3.14. The summed E-state index contributed by atoms with van der Waals surface area (Å²) in [6.07, 6.45) is 0. The Balaban J connectivity index is 1.32. The van der Waals surface area contributed by atoms with Crippen molar-refractivity contribution < 1.29 is 4.42 Å². The lowest BCUT2D eigenvalue weighted by molar-refractivity contribution is 0.669. The number of nitrogens with zero attached hydrogens (tertiary/aromatic N) is 2. The second-order valence-corrected chi connectivity index (χ2v) is 11.4. The second kappa shape index (κ2) is 8.37. The molecular formula is C40H24N2O. The molecule has 0 bridgehead atoms. The molecule has 10 aromatic rings. The molecule has 0 saturated carbocycles. The van der Waals surface area contributed by atoms with Crippen LogP contribution >= 0.6 is 0 Å². The first-order chi connectivity index (χ1) is 21.3. The number of aromatic nitrogens is 2. The van der Waals surface area contributed by atoms with Crippen molar-refractivity contribution >= 4 is 76.3 Å². The fourth-order valence-electron chi connectivity index (χ4n) is 7.17. The molecule has 0 unspecified atom stereocenters. The summed E-state index contributed by atoms with van der Waals surface area (Å²) in [5.41, 5.74) is 8.87. The molecule has 10 rings (SSSR count). The van der Waals surface area contributed by atoms with Gasteiger partial charge in [-0.3, -0.25) is 0 Å². The molecule has 0 aliphatic carbocycles. The normalized spacial score (nSPS) is 12.2. The molecule has 0 N–H and O–H groups in total. The summed E-state index contributed by atoms with van der Waals surface area (Å²) in [4.78, 5) is 0. The van der Waals surface area contributed by atoms with Gasteiger partial charge in [0, 0.05) is 43.7 Å². The molecule has 0 atom stereocenters. The van der Waals surface area contributed by atoms with Crippen LogP contribution in [0.1, 0.15) is 0 Å². The maximum atomic E-state index is 6.35. The van der Waals surface area contributed by atoms with Crippen LogP contribution in [0, 0.1) is 0 Å². The monoisotopic (exact) mass is 548 g/mol. The van der Waals surface area contributed by atoms with Crippen molar-refractivity contribution in [1.82, 2.24) is 9.13 Å². The molecule has 7 aromatic carbocycles. The van der Waals surface area contributed by atoms with Crippen molar-refractivity contribution in [2.45, 2.75) is 0 Å². The molecule has 0 aliphatic heterocycles. The van der Waals surface area contributed by atoms with Gasteiger partial charge in [-0.15, -0.1) is 0 Å². The minimum Gasteiger partial charge on any atom is -0.456 e. The fourth-order valence-corrected chi connectivity index (χ4v) is 7.17. The summed E-state index contributed by atoms with van der Waals surface area (Å²) < 4.78 is 11.2. The minimum absolute atomic E-state index is 0.916. The molecular weight excluding hydrogens is 524 g/mol. The van der Waals surface area contributed by atoms with Crippen molar-refractivity contribution in [1.29, 1.82) is 0 Å². The van der Waals surface area contributed by atoms with Crippen molar-refractivity contribution in [2.75, 3.05) is 0 Å². The molecule has 3 nitrogen and oxygen atoms in total.